The van der Waals surface area contributed by atoms with Gasteiger partial charge in [-0.2, -0.15) is 0 Å². The fourth-order valence-electron chi connectivity index (χ4n) is 2.98. The highest BCUT2D eigenvalue weighted by molar-refractivity contribution is 5.93. The summed E-state index contributed by atoms with van der Waals surface area (Å²) < 4.78 is 18.8. The number of nitrogens with zero attached hydrogens (tertiary/aromatic N) is 1. The Balaban J connectivity index is 1.54. The minimum absolute atomic E-state index is 0.132. The number of amides is 2. The molecule has 0 saturated carbocycles. The highest BCUT2D eigenvalue weighted by Crippen LogP contribution is 2.12. The molecular weight excluding hydrogens is 325 g/mol. The average Bonchev–Trinajstić information content (AvgIpc) is 3.17. The molecule has 7 heteroatoms. The summed E-state index contributed by atoms with van der Waals surface area (Å²) in [5, 5.41) is 2.63. The summed E-state index contributed by atoms with van der Waals surface area (Å²) >= 11 is 0. The molecular formula is C18H21FN3O3+. The maximum absolute atomic E-state index is 13.7. The van der Waals surface area contributed by atoms with Gasteiger partial charge in [0.2, 0.25) is 0 Å². The van der Waals surface area contributed by atoms with Crippen LogP contribution in [0.4, 0.5) is 10.1 Å². The van der Waals surface area contributed by atoms with E-state index in [2.05, 4.69) is 5.32 Å². The maximum Gasteiger partial charge on any atom is 0.289 e. The third-order valence-corrected chi connectivity index (χ3v) is 4.56. The monoisotopic (exact) mass is 346 g/mol. The zero-order valence-electron chi connectivity index (χ0n) is 14.0. The predicted molar refractivity (Wildman–Crippen MR) is 89.8 cm³/mol. The number of hydrogen-bond acceptors (Lipinski definition) is 3. The van der Waals surface area contributed by atoms with Crippen LogP contribution >= 0.6 is 0 Å². The number of carbonyl (C=O) groups is 2. The fourth-order valence-corrected chi connectivity index (χ4v) is 2.98. The van der Waals surface area contributed by atoms with Crippen molar-refractivity contribution in [3.8, 4) is 0 Å². The van der Waals surface area contributed by atoms with Crippen molar-refractivity contribution in [1.82, 2.24) is 4.90 Å². The zero-order valence-corrected chi connectivity index (χ0v) is 14.0. The van der Waals surface area contributed by atoms with E-state index < -0.39 is 5.82 Å². The Hall–Kier alpha value is -2.67. The van der Waals surface area contributed by atoms with E-state index in [-0.39, 0.29) is 23.5 Å². The number of anilines is 1. The van der Waals surface area contributed by atoms with Gasteiger partial charge in [0.1, 0.15) is 5.82 Å². The second-order valence-electron chi connectivity index (χ2n) is 6.12. The zero-order chi connectivity index (χ0) is 17.8. The number of carbonyl (C=O) groups excluding carboxylic acids is 2. The van der Waals surface area contributed by atoms with Crippen molar-refractivity contribution in [2.75, 3.05) is 31.5 Å². The van der Waals surface area contributed by atoms with Crippen LogP contribution in [0.5, 0.6) is 0 Å². The molecule has 6 nitrogen and oxygen atoms in total. The highest BCUT2D eigenvalue weighted by Gasteiger charge is 2.31. The molecule has 1 aromatic carbocycles. The molecule has 1 atom stereocenters. The summed E-state index contributed by atoms with van der Waals surface area (Å²) in [6, 6.07) is 9.10. The molecule has 1 aromatic heterocycles. The number of rotatable bonds is 4. The first-order chi connectivity index (χ1) is 12.1. The average molecular weight is 346 g/mol. The minimum Gasteiger partial charge on any atom is -0.459 e. The highest BCUT2D eigenvalue weighted by atomic mass is 19.1. The Labute approximate surface area is 145 Å². The number of para-hydroxylation sites is 1. The molecule has 0 radical (unpaired) electrons. The number of nitrogens with one attached hydrogen (secondary N) is 2. The second-order valence-corrected chi connectivity index (χ2v) is 6.12. The van der Waals surface area contributed by atoms with Gasteiger partial charge in [0.05, 0.1) is 38.1 Å². The lowest BCUT2D eigenvalue weighted by molar-refractivity contribution is -0.917. The molecule has 1 aliphatic rings. The maximum atomic E-state index is 13.7. The van der Waals surface area contributed by atoms with Crippen molar-refractivity contribution in [2.45, 2.75) is 13.0 Å². The summed E-state index contributed by atoms with van der Waals surface area (Å²) in [4.78, 5) is 27.4. The largest absolute Gasteiger partial charge is 0.459 e. The van der Waals surface area contributed by atoms with Gasteiger partial charge < -0.3 is 19.5 Å². The van der Waals surface area contributed by atoms with E-state index in [0.717, 1.165) is 4.90 Å². The Kier molecular flexibility index (Phi) is 5.14. The normalized spacial score (nSPS) is 16.5. The number of furan rings is 1. The second kappa shape index (κ2) is 7.48. The number of hydrogen-bond donors (Lipinski definition) is 2. The number of benzene rings is 1. The van der Waals surface area contributed by atoms with Crippen molar-refractivity contribution in [3.05, 3.63) is 54.2 Å². The van der Waals surface area contributed by atoms with Gasteiger partial charge in [-0.3, -0.25) is 9.59 Å². The molecule has 2 aromatic rings. The van der Waals surface area contributed by atoms with Crippen molar-refractivity contribution >= 4 is 17.5 Å². The lowest BCUT2D eigenvalue weighted by Crippen LogP contribution is -3.19. The lowest BCUT2D eigenvalue weighted by Gasteiger charge is -2.34. The van der Waals surface area contributed by atoms with Crippen LogP contribution in [0.25, 0.3) is 0 Å². The van der Waals surface area contributed by atoms with Crippen LogP contribution in [0.1, 0.15) is 17.5 Å². The summed E-state index contributed by atoms with van der Waals surface area (Å²) in [6.45, 7) is 4.21. The summed E-state index contributed by atoms with van der Waals surface area (Å²) in [5.74, 6) is -0.487. The molecule has 0 unspecified atom stereocenters. The van der Waals surface area contributed by atoms with Gasteiger partial charge >= 0.3 is 0 Å². The van der Waals surface area contributed by atoms with Crippen molar-refractivity contribution in [3.63, 3.8) is 0 Å². The predicted octanol–water partition coefficient (Wildman–Crippen LogP) is 0.787. The Morgan fingerprint density at radius 2 is 1.92 bits per heavy atom. The van der Waals surface area contributed by atoms with Crippen LogP contribution in [0.2, 0.25) is 0 Å². The van der Waals surface area contributed by atoms with Gasteiger partial charge in [0.15, 0.2) is 11.8 Å². The first-order valence-electron chi connectivity index (χ1n) is 8.29. The quantitative estimate of drug-likeness (QED) is 0.860. The standard InChI is InChI=1S/C18H20FN3O3/c1-13(17(23)20-15-6-3-2-5-14(15)19)21-8-10-22(11-9-21)18(24)16-7-4-12-25-16/h2-7,12-13H,8-11H2,1H3,(H,20,23)/p+1/t13-/m0/s1. The molecule has 1 saturated heterocycles. The van der Waals surface area contributed by atoms with Gasteiger partial charge in [-0.1, -0.05) is 12.1 Å². The minimum atomic E-state index is -0.452. The van der Waals surface area contributed by atoms with E-state index in [0.29, 0.717) is 31.9 Å². The molecule has 0 bridgehead atoms. The smallest absolute Gasteiger partial charge is 0.289 e. The van der Waals surface area contributed by atoms with E-state index in [1.807, 2.05) is 6.92 Å². The van der Waals surface area contributed by atoms with Crippen LogP contribution in [0, 0.1) is 5.82 Å². The van der Waals surface area contributed by atoms with E-state index in [9.17, 15) is 14.0 Å². The van der Waals surface area contributed by atoms with Crippen LogP contribution in [-0.2, 0) is 4.79 Å². The molecule has 2 amide bonds. The van der Waals surface area contributed by atoms with Crippen molar-refractivity contribution in [1.29, 1.82) is 0 Å². The third-order valence-electron chi connectivity index (χ3n) is 4.56. The molecule has 1 fully saturated rings. The number of quaternary nitrogens is 1. The van der Waals surface area contributed by atoms with E-state index in [1.165, 1.54) is 18.4 Å². The SMILES string of the molecule is C[C@@H](C(=O)Nc1ccccc1F)[NH+]1CCN(C(=O)c2ccco2)CC1. The van der Waals surface area contributed by atoms with Crippen LogP contribution in [0.3, 0.4) is 0 Å². The van der Waals surface area contributed by atoms with Crippen molar-refractivity contribution in [2.24, 2.45) is 0 Å². The van der Waals surface area contributed by atoms with Crippen LogP contribution < -0.4 is 10.2 Å². The van der Waals surface area contributed by atoms with Gasteiger partial charge in [-0.25, -0.2) is 4.39 Å². The van der Waals surface area contributed by atoms with Crippen LogP contribution in [0.15, 0.2) is 47.1 Å². The molecule has 25 heavy (non-hydrogen) atoms. The van der Waals surface area contributed by atoms with E-state index >= 15 is 0 Å². The van der Waals surface area contributed by atoms with E-state index in [4.69, 9.17) is 4.42 Å². The molecule has 2 heterocycles. The molecule has 0 spiro atoms. The topological polar surface area (TPSA) is 67.0 Å². The van der Waals surface area contributed by atoms with Gasteiger partial charge in [-0.05, 0) is 31.2 Å². The molecule has 3 rings (SSSR count). The fraction of sp³-hybridized carbons (Fsp3) is 0.333. The van der Waals surface area contributed by atoms with Crippen LogP contribution in [-0.4, -0.2) is 48.9 Å². The molecule has 0 aliphatic carbocycles. The first-order valence-corrected chi connectivity index (χ1v) is 8.29. The van der Waals surface area contributed by atoms with Crippen molar-refractivity contribution < 1.29 is 23.3 Å². The third kappa shape index (κ3) is 3.88. The summed E-state index contributed by atoms with van der Waals surface area (Å²) in [7, 11) is 0. The Morgan fingerprint density at radius 3 is 2.56 bits per heavy atom. The number of halogens is 1. The number of piperazine rings is 1. The lowest BCUT2D eigenvalue weighted by atomic mass is 10.2. The molecule has 2 N–H and O–H groups in total. The summed E-state index contributed by atoms with van der Waals surface area (Å²) in [6.07, 6.45) is 1.48. The molecule has 132 valence electrons. The van der Waals surface area contributed by atoms with E-state index in [1.54, 1.807) is 29.2 Å². The van der Waals surface area contributed by atoms with Gasteiger partial charge in [0, 0.05) is 0 Å². The van der Waals surface area contributed by atoms with Gasteiger partial charge in [-0.15, -0.1) is 0 Å². The van der Waals surface area contributed by atoms with Gasteiger partial charge in [0.25, 0.3) is 11.8 Å². The first kappa shape index (κ1) is 17.2. The Bertz CT molecular complexity index is 740. The Morgan fingerprint density at radius 1 is 1.20 bits per heavy atom. The summed E-state index contributed by atoms with van der Waals surface area (Å²) in [5.41, 5.74) is 0.186. The molecule has 1 aliphatic heterocycles.